The molecule has 1 aliphatic heterocycles. The van der Waals surface area contributed by atoms with E-state index in [1.807, 2.05) is 27.0 Å². The number of aryl methyl sites for hydroxylation is 1. The molecule has 0 spiro atoms. The summed E-state index contributed by atoms with van der Waals surface area (Å²) in [4.78, 5) is 0. The summed E-state index contributed by atoms with van der Waals surface area (Å²) in [6.45, 7) is 4.32. The standard InChI is InChI=1S/C10H16N2O2/c1-9(2)6-10(13,7-14-9)8-4-5-11-12(8)3/h4-5,13H,6-7H2,1-3H3. The van der Waals surface area contributed by atoms with Crippen LogP contribution >= 0.6 is 0 Å². The largest absolute Gasteiger partial charge is 0.381 e. The van der Waals surface area contributed by atoms with Gasteiger partial charge < -0.3 is 9.84 Å². The van der Waals surface area contributed by atoms with Gasteiger partial charge in [0.2, 0.25) is 0 Å². The van der Waals surface area contributed by atoms with Crippen molar-refractivity contribution in [1.82, 2.24) is 9.78 Å². The molecule has 0 amide bonds. The van der Waals surface area contributed by atoms with Gasteiger partial charge in [-0.15, -0.1) is 0 Å². The molecule has 4 heteroatoms. The van der Waals surface area contributed by atoms with E-state index >= 15 is 0 Å². The van der Waals surface area contributed by atoms with Crippen LogP contribution in [0.5, 0.6) is 0 Å². The van der Waals surface area contributed by atoms with Crippen molar-refractivity contribution in [3.05, 3.63) is 18.0 Å². The van der Waals surface area contributed by atoms with E-state index in [1.165, 1.54) is 0 Å². The topological polar surface area (TPSA) is 47.3 Å². The normalized spacial score (nSPS) is 30.9. The molecule has 4 nitrogen and oxygen atoms in total. The highest BCUT2D eigenvalue weighted by molar-refractivity contribution is 5.15. The number of aromatic nitrogens is 2. The molecule has 0 aliphatic carbocycles. The molecule has 1 aromatic heterocycles. The van der Waals surface area contributed by atoms with E-state index in [2.05, 4.69) is 5.10 Å². The molecule has 1 fully saturated rings. The summed E-state index contributed by atoms with van der Waals surface area (Å²) in [5.41, 5.74) is -0.309. The van der Waals surface area contributed by atoms with Crippen LogP contribution in [0.1, 0.15) is 26.0 Å². The van der Waals surface area contributed by atoms with Gasteiger partial charge in [0.05, 0.1) is 17.9 Å². The van der Waals surface area contributed by atoms with E-state index in [0.717, 1.165) is 5.69 Å². The predicted molar refractivity (Wildman–Crippen MR) is 51.8 cm³/mol. The maximum absolute atomic E-state index is 10.4. The third-order valence-electron chi connectivity index (χ3n) is 2.72. The van der Waals surface area contributed by atoms with Crippen molar-refractivity contribution in [2.75, 3.05) is 6.61 Å². The zero-order chi connectivity index (χ0) is 10.4. The molecule has 1 atom stereocenters. The number of hydrogen-bond donors (Lipinski definition) is 1. The molecular formula is C10H16N2O2. The summed E-state index contributed by atoms with van der Waals surface area (Å²) in [5.74, 6) is 0. The molecule has 14 heavy (non-hydrogen) atoms. The zero-order valence-electron chi connectivity index (χ0n) is 8.82. The van der Waals surface area contributed by atoms with E-state index in [0.29, 0.717) is 13.0 Å². The highest BCUT2D eigenvalue weighted by Gasteiger charge is 2.45. The van der Waals surface area contributed by atoms with Gasteiger partial charge in [-0.25, -0.2) is 0 Å². The van der Waals surface area contributed by atoms with Gasteiger partial charge >= 0.3 is 0 Å². The van der Waals surface area contributed by atoms with Gasteiger partial charge in [0.15, 0.2) is 0 Å². The summed E-state index contributed by atoms with van der Waals surface area (Å²) in [7, 11) is 1.83. The van der Waals surface area contributed by atoms with Crippen LogP contribution in [0.3, 0.4) is 0 Å². The second kappa shape index (κ2) is 2.81. The van der Waals surface area contributed by atoms with Gasteiger partial charge in [-0.05, 0) is 19.9 Å². The van der Waals surface area contributed by atoms with Crippen molar-refractivity contribution >= 4 is 0 Å². The Labute approximate surface area is 83.5 Å². The predicted octanol–water partition coefficient (Wildman–Crippen LogP) is 0.807. The fraction of sp³-hybridized carbons (Fsp3) is 0.700. The number of ether oxygens (including phenoxy) is 1. The van der Waals surface area contributed by atoms with Gasteiger partial charge in [-0.3, -0.25) is 4.68 Å². The summed E-state index contributed by atoms with van der Waals surface area (Å²) in [5, 5.41) is 14.4. The molecule has 2 rings (SSSR count). The highest BCUT2D eigenvalue weighted by atomic mass is 16.5. The molecule has 0 radical (unpaired) electrons. The Kier molecular flexibility index (Phi) is 1.94. The summed E-state index contributed by atoms with van der Waals surface area (Å²) < 4.78 is 7.24. The Bertz CT molecular complexity index is 346. The lowest BCUT2D eigenvalue weighted by Gasteiger charge is -2.22. The SMILES string of the molecule is Cn1nccc1C1(O)COC(C)(C)C1. The van der Waals surface area contributed by atoms with Crippen LogP contribution in [0.15, 0.2) is 12.3 Å². The minimum atomic E-state index is -0.880. The average molecular weight is 196 g/mol. The number of nitrogens with zero attached hydrogens (tertiary/aromatic N) is 2. The third kappa shape index (κ3) is 1.44. The Morgan fingerprint density at radius 1 is 1.57 bits per heavy atom. The van der Waals surface area contributed by atoms with Crippen LogP contribution in [-0.4, -0.2) is 27.1 Å². The van der Waals surface area contributed by atoms with Crippen molar-refractivity contribution in [3.63, 3.8) is 0 Å². The van der Waals surface area contributed by atoms with E-state index in [1.54, 1.807) is 10.9 Å². The lowest BCUT2D eigenvalue weighted by Crippen LogP contribution is -2.30. The lowest BCUT2D eigenvalue weighted by atomic mass is 9.91. The fourth-order valence-electron chi connectivity index (χ4n) is 2.12. The van der Waals surface area contributed by atoms with Crippen LogP contribution in [0.4, 0.5) is 0 Å². The van der Waals surface area contributed by atoms with Gasteiger partial charge in [-0.2, -0.15) is 5.10 Å². The van der Waals surface area contributed by atoms with E-state index in [4.69, 9.17) is 4.74 Å². The Morgan fingerprint density at radius 3 is 2.71 bits per heavy atom. The first-order valence-electron chi connectivity index (χ1n) is 4.78. The average Bonchev–Trinajstić information content (AvgIpc) is 2.57. The number of rotatable bonds is 1. The van der Waals surface area contributed by atoms with Crippen LogP contribution in [0.25, 0.3) is 0 Å². The summed E-state index contributed by atoms with van der Waals surface area (Å²) in [6, 6.07) is 1.84. The van der Waals surface area contributed by atoms with Crippen LogP contribution < -0.4 is 0 Å². The third-order valence-corrected chi connectivity index (χ3v) is 2.72. The molecule has 2 heterocycles. The Morgan fingerprint density at radius 2 is 2.29 bits per heavy atom. The molecule has 0 bridgehead atoms. The maximum atomic E-state index is 10.4. The van der Waals surface area contributed by atoms with Crippen molar-refractivity contribution in [2.45, 2.75) is 31.5 Å². The summed E-state index contributed by atoms with van der Waals surface area (Å²) >= 11 is 0. The van der Waals surface area contributed by atoms with E-state index in [-0.39, 0.29) is 5.60 Å². The van der Waals surface area contributed by atoms with Gasteiger partial charge in [0, 0.05) is 19.7 Å². The first kappa shape index (κ1) is 9.68. The summed E-state index contributed by atoms with van der Waals surface area (Å²) in [6.07, 6.45) is 2.30. The molecule has 0 aromatic carbocycles. The minimum Gasteiger partial charge on any atom is -0.381 e. The number of aliphatic hydroxyl groups is 1. The van der Waals surface area contributed by atoms with Gasteiger partial charge in [-0.1, -0.05) is 0 Å². The molecule has 0 saturated carbocycles. The van der Waals surface area contributed by atoms with Crippen molar-refractivity contribution in [3.8, 4) is 0 Å². The molecule has 1 aliphatic rings. The zero-order valence-corrected chi connectivity index (χ0v) is 8.82. The van der Waals surface area contributed by atoms with Crippen molar-refractivity contribution in [1.29, 1.82) is 0 Å². The second-order valence-electron chi connectivity index (χ2n) is 4.60. The van der Waals surface area contributed by atoms with Crippen LogP contribution in [0.2, 0.25) is 0 Å². The monoisotopic (exact) mass is 196 g/mol. The lowest BCUT2D eigenvalue weighted by molar-refractivity contribution is -0.000296. The quantitative estimate of drug-likeness (QED) is 0.723. The molecule has 1 unspecified atom stereocenters. The molecule has 1 saturated heterocycles. The van der Waals surface area contributed by atoms with Gasteiger partial charge in [0.1, 0.15) is 5.60 Å². The molecule has 78 valence electrons. The van der Waals surface area contributed by atoms with Crippen molar-refractivity contribution in [2.24, 2.45) is 7.05 Å². The van der Waals surface area contributed by atoms with E-state index < -0.39 is 5.60 Å². The first-order chi connectivity index (χ1) is 6.43. The molecular weight excluding hydrogens is 180 g/mol. The maximum Gasteiger partial charge on any atom is 0.132 e. The Hall–Kier alpha value is -0.870. The van der Waals surface area contributed by atoms with Gasteiger partial charge in [0.25, 0.3) is 0 Å². The first-order valence-corrected chi connectivity index (χ1v) is 4.78. The minimum absolute atomic E-state index is 0.251. The van der Waals surface area contributed by atoms with Crippen LogP contribution in [0, 0.1) is 0 Å². The molecule has 1 aromatic rings. The Balaban J connectivity index is 2.32. The van der Waals surface area contributed by atoms with E-state index in [9.17, 15) is 5.11 Å². The molecule has 1 N–H and O–H groups in total. The highest BCUT2D eigenvalue weighted by Crippen LogP contribution is 2.39. The second-order valence-corrected chi connectivity index (χ2v) is 4.60. The smallest absolute Gasteiger partial charge is 0.132 e. The van der Waals surface area contributed by atoms with Crippen LogP contribution in [-0.2, 0) is 17.4 Å². The van der Waals surface area contributed by atoms with Crippen molar-refractivity contribution < 1.29 is 9.84 Å². The fourth-order valence-corrected chi connectivity index (χ4v) is 2.12. The number of hydrogen-bond acceptors (Lipinski definition) is 3.